The Kier molecular flexibility index (Phi) is 3.49. The Labute approximate surface area is 104 Å². The van der Waals surface area contributed by atoms with E-state index in [1.165, 1.54) is 0 Å². The molecule has 90 valence electrons. The zero-order valence-corrected chi connectivity index (χ0v) is 9.85. The van der Waals surface area contributed by atoms with Gasteiger partial charge in [0, 0.05) is 24.7 Å². The molecule has 1 N–H and O–H groups in total. The number of halogens is 1. The van der Waals surface area contributed by atoms with Gasteiger partial charge in [0.1, 0.15) is 0 Å². The van der Waals surface area contributed by atoms with Crippen molar-refractivity contribution in [3.8, 4) is 0 Å². The van der Waals surface area contributed by atoms with Crippen molar-refractivity contribution in [1.82, 2.24) is 10.2 Å². The van der Waals surface area contributed by atoms with Gasteiger partial charge in [0.25, 0.3) is 6.20 Å². The van der Waals surface area contributed by atoms with Crippen molar-refractivity contribution in [3.05, 3.63) is 57.0 Å². The van der Waals surface area contributed by atoms with Crippen LogP contribution >= 0.6 is 11.6 Å². The molecule has 6 heteroatoms. The Morgan fingerprint density at radius 1 is 1.53 bits per heavy atom. The van der Waals surface area contributed by atoms with Gasteiger partial charge in [0.15, 0.2) is 5.82 Å². The predicted octanol–water partition coefficient (Wildman–Crippen LogP) is 1.82. The first-order valence-corrected chi connectivity index (χ1v) is 5.62. The van der Waals surface area contributed by atoms with Crippen molar-refractivity contribution in [2.24, 2.45) is 0 Å². The van der Waals surface area contributed by atoms with Gasteiger partial charge in [0.2, 0.25) is 0 Å². The van der Waals surface area contributed by atoms with E-state index in [4.69, 9.17) is 11.6 Å². The fourth-order valence-electron chi connectivity index (χ4n) is 1.77. The van der Waals surface area contributed by atoms with E-state index in [2.05, 4.69) is 5.32 Å². The topological polar surface area (TPSA) is 58.4 Å². The summed E-state index contributed by atoms with van der Waals surface area (Å²) in [5, 5.41) is 14.1. The van der Waals surface area contributed by atoms with Crippen LogP contribution in [0.5, 0.6) is 0 Å². The first kappa shape index (κ1) is 11.7. The molecule has 1 saturated heterocycles. The van der Waals surface area contributed by atoms with Gasteiger partial charge in [-0.25, -0.2) is 0 Å². The van der Waals surface area contributed by atoms with Crippen molar-refractivity contribution in [2.75, 3.05) is 13.1 Å². The summed E-state index contributed by atoms with van der Waals surface area (Å²) in [6.07, 6.45) is 0.990. The summed E-state index contributed by atoms with van der Waals surface area (Å²) in [6.45, 7) is 2.03. The number of hydrogen-bond acceptors (Lipinski definition) is 4. The molecule has 0 amide bonds. The predicted molar refractivity (Wildman–Crippen MR) is 64.9 cm³/mol. The number of rotatable bonds is 3. The van der Waals surface area contributed by atoms with Crippen molar-refractivity contribution < 1.29 is 4.92 Å². The normalized spacial score (nSPS) is 17.2. The average molecular weight is 254 g/mol. The van der Waals surface area contributed by atoms with E-state index in [1.54, 1.807) is 0 Å². The Morgan fingerprint density at radius 3 is 3.00 bits per heavy atom. The monoisotopic (exact) mass is 253 g/mol. The lowest BCUT2D eigenvalue weighted by Crippen LogP contribution is -2.20. The molecule has 17 heavy (non-hydrogen) atoms. The number of nitrogens with one attached hydrogen (secondary N) is 1. The molecule has 0 aliphatic carbocycles. The fourth-order valence-corrected chi connectivity index (χ4v) is 1.97. The van der Waals surface area contributed by atoms with Crippen LogP contribution < -0.4 is 5.32 Å². The summed E-state index contributed by atoms with van der Waals surface area (Å²) in [5.41, 5.74) is 0.965. The smallest absolute Gasteiger partial charge is 0.274 e. The third-order valence-corrected chi connectivity index (χ3v) is 2.94. The van der Waals surface area contributed by atoms with E-state index in [-0.39, 0.29) is 0 Å². The molecule has 0 atom stereocenters. The van der Waals surface area contributed by atoms with E-state index in [0.29, 0.717) is 23.9 Å². The van der Waals surface area contributed by atoms with E-state index in [0.717, 1.165) is 18.3 Å². The van der Waals surface area contributed by atoms with Crippen LogP contribution in [0.3, 0.4) is 0 Å². The maximum Gasteiger partial charge on any atom is 0.274 e. The highest BCUT2D eigenvalue weighted by atomic mass is 35.5. The largest absolute Gasteiger partial charge is 0.365 e. The average Bonchev–Trinajstić information content (AvgIpc) is 2.68. The molecule has 0 spiro atoms. The summed E-state index contributed by atoms with van der Waals surface area (Å²) in [4.78, 5) is 11.9. The van der Waals surface area contributed by atoms with Crippen molar-refractivity contribution >= 4 is 11.6 Å². The van der Waals surface area contributed by atoms with Gasteiger partial charge in [-0.15, -0.1) is 0 Å². The summed E-state index contributed by atoms with van der Waals surface area (Å²) in [6, 6.07) is 7.51. The lowest BCUT2D eigenvalue weighted by atomic mass is 10.2. The molecular weight excluding hydrogens is 242 g/mol. The summed E-state index contributed by atoms with van der Waals surface area (Å²) < 4.78 is 0. The SMILES string of the molecule is O=[N+]([O-])C=C1NCCN1Cc1ccccc1Cl. The maximum atomic E-state index is 10.5. The lowest BCUT2D eigenvalue weighted by Gasteiger charge is -2.17. The van der Waals surface area contributed by atoms with Gasteiger partial charge in [0.05, 0.1) is 4.92 Å². The minimum atomic E-state index is -0.451. The molecule has 2 rings (SSSR count). The van der Waals surface area contributed by atoms with Crippen LogP contribution in [0, 0.1) is 10.1 Å². The number of benzene rings is 1. The standard InChI is InChI=1S/C11H12ClN3O2/c12-10-4-2-1-3-9(10)7-14-6-5-13-11(14)8-15(16)17/h1-4,8,13H,5-7H2. The number of hydrogen-bond donors (Lipinski definition) is 1. The molecule has 5 nitrogen and oxygen atoms in total. The third-order valence-electron chi connectivity index (χ3n) is 2.58. The third kappa shape index (κ3) is 2.88. The second kappa shape index (κ2) is 5.05. The zero-order chi connectivity index (χ0) is 12.3. The minimum absolute atomic E-state index is 0.451. The summed E-state index contributed by atoms with van der Waals surface area (Å²) in [7, 11) is 0. The fraction of sp³-hybridized carbons (Fsp3) is 0.273. The minimum Gasteiger partial charge on any atom is -0.365 e. The summed E-state index contributed by atoms with van der Waals surface area (Å²) >= 11 is 6.06. The molecule has 0 unspecified atom stereocenters. The highest BCUT2D eigenvalue weighted by Crippen LogP contribution is 2.19. The Morgan fingerprint density at radius 2 is 2.29 bits per heavy atom. The Balaban J connectivity index is 2.13. The Bertz CT molecular complexity index is 462. The Hall–Kier alpha value is -1.75. The van der Waals surface area contributed by atoms with Crippen LogP contribution in [-0.2, 0) is 6.54 Å². The first-order valence-electron chi connectivity index (χ1n) is 5.24. The van der Waals surface area contributed by atoms with Crippen LogP contribution in [0.4, 0.5) is 0 Å². The molecule has 0 saturated carbocycles. The van der Waals surface area contributed by atoms with E-state index >= 15 is 0 Å². The molecule has 1 aromatic carbocycles. The van der Waals surface area contributed by atoms with E-state index in [9.17, 15) is 10.1 Å². The molecule has 0 radical (unpaired) electrons. The quantitative estimate of drug-likeness (QED) is 0.659. The van der Waals surface area contributed by atoms with Gasteiger partial charge < -0.3 is 10.2 Å². The van der Waals surface area contributed by atoms with Crippen molar-refractivity contribution in [2.45, 2.75) is 6.54 Å². The van der Waals surface area contributed by atoms with E-state index < -0.39 is 4.92 Å². The molecule has 0 bridgehead atoms. The zero-order valence-electron chi connectivity index (χ0n) is 9.10. The van der Waals surface area contributed by atoms with Gasteiger partial charge in [-0.3, -0.25) is 10.1 Å². The van der Waals surface area contributed by atoms with Crippen LogP contribution in [0.25, 0.3) is 0 Å². The van der Waals surface area contributed by atoms with Crippen LogP contribution in [0.15, 0.2) is 36.3 Å². The summed E-state index contributed by atoms with van der Waals surface area (Å²) in [5.74, 6) is 0.537. The first-order chi connectivity index (χ1) is 8.16. The van der Waals surface area contributed by atoms with Crippen molar-refractivity contribution in [3.63, 3.8) is 0 Å². The van der Waals surface area contributed by atoms with Crippen LogP contribution in [0.2, 0.25) is 5.02 Å². The van der Waals surface area contributed by atoms with Crippen LogP contribution in [0.1, 0.15) is 5.56 Å². The van der Waals surface area contributed by atoms with Gasteiger partial charge in [-0.05, 0) is 11.6 Å². The second-order valence-corrected chi connectivity index (χ2v) is 4.15. The molecule has 0 aromatic heterocycles. The van der Waals surface area contributed by atoms with Gasteiger partial charge in [-0.1, -0.05) is 29.8 Å². The van der Waals surface area contributed by atoms with E-state index in [1.807, 2.05) is 29.2 Å². The molecule has 1 heterocycles. The second-order valence-electron chi connectivity index (χ2n) is 3.74. The molecule has 1 aromatic rings. The molecule has 1 fully saturated rings. The van der Waals surface area contributed by atoms with Gasteiger partial charge in [-0.2, -0.15) is 0 Å². The van der Waals surface area contributed by atoms with Gasteiger partial charge >= 0.3 is 0 Å². The molecule has 1 aliphatic heterocycles. The molecular formula is C11H12ClN3O2. The highest BCUT2D eigenvalue weighted by Gasteiger charge is 2.20. The molecule has 1 aliphatic rings. The van der Waals surface area contributed by atoms with Crippen molar-refractivity contribution in [1.29, 1.82) is 0 Å². The lowest BCUT2D eigenvalue weighted by molar-refractivity contribution is -0.404. The number of nitro groups is 1. The van der Waals surface area contributed by atoms with Crippen LogP contribution in [-0.4, -0.2) is 22.9 Å². The maximum absolute atomic E-state index is 10.5. The highest BCUT2D eigenvalue weighted by molar-refractivity contribution is 6.31. The number of nitrogens with zero attached hydrogens (tertiary/aromatic N) is 2.